The summed E-state index contributed by atoms with van der Waals surface area (Å²) in [6.07, 6.45) is 2.80. The zero-order valence-electron chi connectivity index (χ0n) is 16.9. The minimum absolute atomic E-state index is 0.0172. The number of primary sulfonamides is 1. The second-order valence-corrected chi connectivity index (χ2v) is 10.7. The highest BCUT2D eigenvalue weighted by molar-refractivity contribution is 7.93. The second kappa shape index (κ2) is 9.81. The first kappa shape index (κ1) is 23.3. The number of hydrogen-bond donors (Lipinski definition) is 6. The van der Waals surface area contributed by atoms with E-state index < -0.39 is 27.0 Å². The van der Waals surface area contributed by atoms with Crippen LogP contribution in [0.3, 0.4) is 0 Å². The Balaban J connectivity index is 1.99. The summed E-state index contributed by atoms with van der Waals surface area (Å²) in [6, 6.07) is 3.40. The SMILES string of the molecule is N=C(N)c1c(N2CCC[C@H](CN)C2)ccc([S+]([O-])CN[C@@H]2CCNC2)c1S(N)(=O)=O. The first-order valence-electron chi connectivity index (χ1n) is 10.0. The summed E-state index contributed by atoms with van der Waals surface area (Å²) in [4.78, 5) is 1.73. The van der Waals surface area contributed by atoms with Gasteiger partial charge in [-0.1, -0.05) is 0 Å². The van der Waals surface area contributed by atoms with Crippen molar-refractivity contribution in [3.63, 3.8) is 0 Å². The summed E-state index contributed by atoms with van der Waals surface area (Å²) in [7, 11) is -4.28. The summed E-state index contributed by atoms with van der Waals surface area (Å²) in [5.74, 6) is -0.0601. The maximum atomic E-state index is 13.0. The zero-order chi connectivity index (χ0) is 21.9. The molecule has 30 heavy (non-hydrogen) atoms. The van der Waals surface area contributed by atoms with Crippen LogP contribution in [0.4, 0.5) is 5.69 Å². The number of amidine groups is 1. The van der Waals surface area contributed by atoms with Crippen molar-refractivity contribution in [3.8, 4) is 0 Å². The molecule has 168 valence electrons. The van der Waals surface area contributed by atoms with Gasteiger partial charge < -0.3 is 26.2 Å². The van der Waals surface area contributed by atoms with Crippen molar-refractivity contribution in [2.24, 2.45) is 22.5 Å². The Bertz CT molecular complexity index is 875. The van der Waals surface area contributed by atoms with Crippen LogP contribution in [-0.4, -0.2) is 63.4 Å². The summed E-state index contributed by atoms with van der Waals surface area (Å²) >= 11 is -1.67. The first-order chi connectivity index (χ1) is 14.2. The van der Waals surface area contributed by atoms with Crippen molar-refractivity contribution in [3.05, 3.63) is 17.7 Å². The van der Waals surface area contributed by atoms with Gasteiger partial charge in [0.05, 0.1) is 5.56 Å². The lowest BCUT2D eigenvalue weighted by molar-refractivity contribution is 0.423. The number of anilines is 1. The van der Waals surface area contributed by atoms with Gasteiger partial charge in [-0.2, -0.15) is 0 Å². The largest absolute Gasteiger partial charge is 0.610 e. The Morgan fingerprint density at radius 2 is 2.17 bits per heavy atom. The van der Waals surface area contributed by atoms with Gasteiger partial charge in [-0.15, -0.1) is 0 Å². The molecule has 3 rings (SSSR count). The number of nitrogens with two attached hydrogens (primary N) is 3. The average molecular weight is 458 g/mol. The molecule has 0 amide bonds. The molecule has 0 aliphatic carbocycles. The summed E-state index contributed by atoms with van der Waals surface area (Å²) in [5.41, 5.74) is 12.2. The van der Waals surface area contributed by atoms with E-state index in [1.165, 1.54) is 6.07 Å². The lowest BCUT2D eigenvalue weighted by Crippen LogP contribution is -2.40. The second-order valence-electron chi connectivity index (χ2n) is 7.82. The number of nitrogens with zero attached hydrogens (tertiary/aromatic N) is 1. The van der Waals surface area contributed by atoms with Crippen LogP contribution in [0.1, 0.15) is 24.8 Å². The molecule has 0 aromatic heterocycles. The third kappa shape index (κ3) is 5.25. The fraction of sp³-hybridized carbons (Fsp3) is 0.611. The number of benzene rings is 1. The minimum atomic E-state index is -4.28. The van der Waals surface area contributed by atoms with E-state index >= 15 is 0 Å². The molecule has 0 bridgehead atoms. The van der Waals surface area contributed by atoms with Gasteiger partial charge in [-0.05, 0) is 50.4 Å². The van der Waals surface area contributed by atoms with Gasteiger partial charge in [0, 0.05) is 42.5 Å². The number of hydrogen-bond acceptors (Lipinski definition) is 8. The van der Waals surface area contributed by atoms with Crippen LogP contribution in [0.15, 0.2) is 21.9 Å². The van der Waals surface area contributed by atoms with E-state index in [0.29, 0.717) is 25.3 Å². The lowest BCUT2D eigenvalue weighted by atomic mass is 9.97. The molecule has 0 saturated carbocycles. The topological polar surface area (TPSA) is 186 Å². The van der Waals surface area contributed by atoms with Gasteiger partial charge in [0.2, 0.25) is 10.0 Å². The molecule has 10 nitrogen and oxygen atoms in total. The zero-order valence-corrected chi connectivity index (χ0v) is 18.5. The maximum Gasteiger partial charge on any atom is 0.243 e. The van der Waals surface area contributed by atoms with Crippen molar-refractivity contribution in [1.82, 2.24) is 10.6 Å². The number of nitrogens with one attached hydrogen (secondary N) is 3. The van der Waals surface area contributed by atoms with Gasteiger partial charge in [-0.3, -0.25) is 10.7 Å². The number of nitrogen functional groups attached to an aromatic ring is 1. The van der Waals surface area contributed by atoms with Crippen molar-refractivity contribution in [1.29, 1.82) is 5.41 Å². The quantitative estimate of drug-likeness (QED) is 0.160. The Hall–Kier alpha value is -1.41. The summed E-state index contributed by atoms with van der Waals surface area (Å²) in [5, 5.41) is 20.0. The fourth-order valence-electron chi connectivity index (χ4n) is 4.12. The van der Waals surface area contributed by atoms with Gasteiger partial charge >= 0.3 is 0 Å². The molecule has 2 aliphatic rings. The van der Waals surface area contributed by atoms with Crippen molar-refractivity contribution < 1.29 is 13.0 Å². The molecule has 2 aliphatic heterocycles. The highest BCUT2D eigenvalue weighted by Gasteiger charge is 2.33. The van der Waals surface area contributed by atoms with E-state index in [-0.39, 0.29) is 33.2 Å². The molecule has 0 spiro atoms. The van der Waals surface area contributed by atoms with E-state index in [1.807, 2.05) is 4.90 Å². The molecule has 9 N–H and O–H groups in total. The Morgan fingerprint density at radius 1 is 1.40 bits per heavy atom. The van der Waals surface area contributed by atoms with Crippen LogP contribution in [0.25, 0.3) is 0 Å². The number of rotatable bonds is 8. The molecule has 1 aromatic rings. The maximum absolute atomic E-state index is 13.0. The molecule has 2 fully saturated rings. The van der Waals surface area contributed by atoms with E-state index in [0.717, 1.165) is 32.4 Å². The smallest absolute Gasteiger partial charge is 0.243 e. The third-order valence-electron chi connectivity index (χ3n) is 5.66. The van der Waals surface area contributed by atoms with Crippen molar-refractivity contribution >= 4 is 32.7 Å². The van der Waals surface area contributed by atoms with Gasteiger partial charge in [0.15, 0.2) is 10.8 Å². The Morgan fingerprint density at radius 3 is 2.77 bits per heavy atom. The van der Waals surface area contributed by atoms with Crippen LogP contribution < -0.4 is 32.1 Å². The molecule has 1 unspecified atom stereocenters. The summed E-state index contributed by atoms with van der Waals surface area (Å²) < 4.78 is 38.0. The molecule has 0 radical (unpaired) electrons. The first-order valence-corrected chi connectivity index (χ1v) is 12.9. The molecule has 3 atom stereocenters. The number of sulfonamides is 1. The molecule has 2 heterocycles. The van der Waals surface area contributed by atoms with Gasteiger partial charge in [-0.25, -0.2) is 13.6 Å². The summed E-state index contributed by atoms with van der Waals surface area (Å²) in [6.45, 7) is 3.51. The normalized spacial score (nSPS) is 23.5. The van der Waals surface area contributed by atoms with Gasteiger partial charge in [0.1, 0.15) is 10.7 Å². The fourth-order valence-corrected chi connectivity index (χ4v) is 6.66. The van der Waals surface area contributed by atoms with E-state index in [1.54, 1.807) is 6.07 Å². The van der Waals surface area contributed by atoms with Crippen LogP contribution in [0.5, 0.6) is 0 Å². The molecular weight excluding hydrogens is 426 g/mol. The van der Waals surface area contributed by atoms with Crippen LogP contribution >= 0.6 is 0 Å². The van der Waals surface area contributed by atoms with E-state index in [4.69, 9.17) is 22.0 Å². The lowest BCUT2D eigenvalue weighted by Gasteiger charge is -2.35. The Kier molecular flexibility index (Phi) is 7.61. The predicted octanol–water partition coefficient (Wildman–Crippen LogP) is -1.19. The van der Waals surface area contributed by atoms with Crippen molar-refractivity contribution in [2.45, 2.75) is 35.1 Å². The molecular formula is C18H31N7O3S2. The Labute approximate surface area is 180 Å². The average Bonchev–Trinajstić information content (AvgIpc) is 3.24. The highest BCUT2D eigenvalue weighted by Crippen LogP contribution is 2.34. The predicted molar refractivity (Wildman–Crippen MR) is 119 cm³/mol. The van der Waals surface area contributed by atoms with E-state index in [2.05, 4.69) is 10.6 Å². The third-order valence-corrected chi connectivity index (χ3v) is 8.04. The van der Waals surface area contributed by atoms with E-state index in [9.17, 15) is 13.0 Å². The monoisotopic (exact) mass is 457 g/mol. The van der Waals surface area contributed by atoms with Crippen LogP contribution in [0, 0.1) is 11.3 Å². The van der Waals surface area contributed by atoms with Crippen molar-refractivity contribution in [2.75, 3.05) is 43.5 Å². The molecule has 1 aromatic carbocycles. The highest BCUT2D eigenvalue weighted by atomic mass is 32.2. The van der Waals surface area contributed by atoms with Crippen LogP contribution in [0.2, 0.25) is 0 Å². The van der Waals surface area contributed by atoms with Crippen LogP contribution in [-0.2, 0) is 21.2 Å². The van der Waals surface area contributed by atoms with Gasteiger partial charge in [0.25, 0.3) is 0 Å². The standard InChI is InChI=1S/C18H31N7O3S2/c19-8-12-2-1-7-25(10-12)14-3-4-15(17(30(22,27)28)16(14)18(20)21)29(26)11-24-13-5-6-23-9-13/h3-4,12-13,23-24H,1-2,5-11,19H2,(H3,20,21)(H2,22,27,28)/t12-,13-,29?/m1/s1. The molecule has 2 saturated heterocycles. The molecule has 12 heteroatoms. The minimum Gasteiger partial charge on any atom is -0.610 e. The number of piperidine rings is 1.